The molecule has 0 atom stereocenters. The van der Waals surface area contributed by atoms with E-state index in [1.807, 2.05) is 24.7 Å². The van der Waals surface area contributed by atoms with Crippen molar-refractivity contribution in [1.82, 2.24) is 14.9 Å². The summed E-state index contributed by atoms with van der Waals surface area (Å²) in [6, 6.07) is 4.41. The molecule has 2 aromatic rings. The van der Waals surface area contributed by atoms with Crippen molar-refractivity contribution in [3.8, 4) is 0 Å². The molecule has 0 amide bonds. The van der Waals surface area contributed by atoms with Crippen molar-refractivity contribution in [2.45, 2.75) is 20.0 Å². The van der Waals surface area contributed by atoms with Gasteiger partial charge in [-0.05, 0) is 37.7 Å². The molecule has 0 saturated carbocycles. The van der Waals surface area contributed by atoms with E-state index >= 15 is 0 Å². The second-order valence-corrected chi connectivity index (χ2v) is 4.56. The van der Waals surface area contributed by atoms with E-state index in [0.29, 0.717) is 18.1 Å². The standard InChI is InChI=1S/C13H15ClFN3/c1-9-17-7-12(6-16-2)18(9)8-10-5-11(15)3-4-13(10)14/h3-5,7,16H,6,8H2,1-2H3. The average molecular weight is 268 g/mol. The van der Waals surface area contributed by atoms with Crippen LogP contribution in [0.25, 0.3) is 0 Å². The van der Waals surface area contributed by atoms with Crippen molar-refractivity contribution in [2.75, 3.05) is 7.05 Å². The summed E-state index contributed by atoms with van der Waals surface area (Å²) >= 11 is 6.08. The zero-order chi connectivity index (χ0) is 13.1. The van der Waals surface area contributed by atoms with Gasteiger partial charge in [-0.2, -0.15) is 0 Å². The van der Waals surface area contributed by atoms with E-state index in [0.717, 1.165) is 17.1 Å². The van der Waals surface area contributed by atoms with Crippen molar-refractivity contribution in [3.63, 3.8) is 0 Å². The molecule has 0 fully saturated rings. The van der Waals surface area contributed by atoms with Gasteiger partial charge in [0.2, 0.25) is 0 Å². The predicted molar refractivity (Wildman–Crippen MR) is 70.2 cm³/mol. The molecule has 18 heavy (non-hydrogen) atoms. The maximum Gasteiger partial charge on any atom is 0.123 e. The maximum absolute atomic E-state index is 13.2. The highest BCUT2D eigenvalue weighted by Crippen LogP contribution is 2.19. The number of nitrogens with zero attached hydrogens (tertiary/aromatic N) is 2. The van der Waals surface area contributed by atoms with E-state index in [9.17, 15) is 4.39 Å². The molecule has 1 N–H and O–H groups in total. The van der Waals surface area contributed by atoms with Gasteiger partial charge in [-0.25, -0.2) is 9.37 Å². The molecule has 5 heteroatoms. The number of aryl methyl sites for hydroxylation is 1. The highest BCUT2D eigenvalue weighted by Gasteiger charge is 2.09. The molecule has 0 aliphatic rings. The lowest BCUT2D eigenvalue weighted by molar-refractivity contribution is 0.620. The molecule has 0 spiro atoms. The minimum absolute atomic E-state index is 0.276. The first-order valence-corrected chi connectivity index (χ1v) is 6.09. The minimum Gasteiger partial charge on any atom is -0.327 e. The van der Waals surface area contributed by atoms with Gasteiger partial charge in [-0.15, -0.1) is 0 Å². The summed E-state index contributed by atoms with van der Waals surface area (Å²) in [5.41, 5.74) is 1.81. The third kappa shape index (κ3) is 2.71. The van der Waals surface area contributed by atoms with E-state index in [2.05, 4.69) is 10.3 Å². The van der Waals surface area contributed by atoms with Gasteiger partial charge in [0.15, 0.2) is 0 Å². The van der Waals surface area contributed by atoms with Crippen LogP contribution in [-0.4, -0.2) is 16.6 Å². The third-order valence-corrected chi connectivity index (χ3v) is 3.20. The molecule has 0 unspecified atom stereocenters. The fourth-order valence-electron chi connectivity index (χ4n) is 1.89. The SMILES string of the molecule is CNCc1cnc(C)n1Cc1cc(F)ccc1Cl. The molecule has 0 bridgehead atoms. The lowest BCUT2D eigenvalue weighted by atomic mass is 10.2. The fourth-order valence-corrected chi connectivity index (χ4v) is 2.07. The molecule has 1 aromatic heterocycles. The molecule has 0 radical (unpaired) electrons. The molecule has 3 nitrogen and oxygen atoms in total. The second-order valence-electron chi connectivity index (χ2n) is 4.15. The summed E-state index contributed by atoms with van der Waals surface area (Å²) in [7, 11) is 1.88. The van der Waals surface area contributed by atoms with Crippen LogP contribution >= 0.6 is 11.6 Å². The number of aromatic nitrogens is 2. The highest BCUT2D eigenvalue weighted by molar-refractivity contribution is 6.31. The molecule has 0 aliphatic heterocycles. The zero-order valence-corrected chi connectivity index (χ0v) is 11.1. The van der Waals surface area contributed by atoms with Crippen molar-refractivity contribution in [1.29, 1.82) is 0 Å². The van der Waals surface area contributed by atoms with Crippen molar-refractivity contribution in [2.24, 2.45) is 0 Å². The topological polar surface area (TPSA) is 29.9 Å². The Kier molecular flexibility index (Phi) is 3.99. The summed E-state index contributed by atoms with van der Waals surface area (Å²) in [4.78, 5) is 4.27. The first kappa shape index (κ1) is 13.1. The fraction of sp³-hybridized carbons (Fsp3) is 0.308. The normalized spacial score (nSPS) is 10.9. The number of nitrogens with one attached hydrogen (secondary N) is 1. The van der Waals surface area contributed by atoms with E-state index in [-0.39, 0.29) is 5.82 Å². The number of benzene rings is 1. The Bertz CT molecular complexity index is 551. The van der Waals surface area contributed by atoms with Gasteiger partial charge in [0, 0.05) is 17.8 Å². The Balaban J connectivity index is 2.33. The van der Waals surface area contributed by atoms with E-state index < -0.39 is 0 Å². The van der Waals surface area contributed by atoms with Gasteiger partial charge in [-0.3, -0.25) is 0 Å². The molecule has 1 heterocycles. The lowest BCUT2D eigenvalue weighted by Crippen LogP contribution is -2.13. The lowest BCUT2D eigenvalue weighted by Gasteiger charge is -2.11. The van der Waals surface area contributed by atoms with Gasteiger partial charge in [0.25, 0.3) is 0 Å². The first-order valence-electron chi connectivity index (χ1n) is 5.71. The number of imidazole rings is 1. The van der Waals surface area contributed by atoms with E-state index in [1.54, 1.807) is 6.07 Å². The number of halogens is 2. The predicted octanol–water partition coefficient (Wildman–Crippen LogP) is 2.75. The number of rotatable bonds is 4. The Morgan fingerprint density at radius 2 is 2.22 bits per heavy atom. The second kappa shape index (κ2) is 5.50. The molecule has 2 rings (SSSR count). The summed E-state index contributed by atoms with van der Waals surface area (Å²) in [6.45, 7) is 3.17. The van der Waals surface area contributed by atoms with Crippen LogP contribution in [0, 0.1) is 12.7 Å². The summed E-state index contributed by atoms with van der Waals surface area (Å²) in [6.07, 6.45) is 1.82. The average Bonchev–Trinajstić information content (AvgIpc) is 2.67. The van der Waals surface area contributed by atoms with Crippen LogP contribution in [0.4, 0.5) is 4.39 Å². The molecule has 0 aliphatic carbocycles. The van der Waals surface area contributed by atoms with Crippen LogP contribution < -0.4 is 5.32 Å². The summed E-state index contributed by atoms with van der Waals surface area (Å²) in [5.74, 6) is 0.614. The maximum atomic E-state index is 13.2. The Hall–Kier alpha value is -1.39. The van der Waals surface area contributed by atoms with E-state index in [1.165, 1.54) is 12.1 Å². The molecular formula is C13H15ClFN3. The highest BCUT2D eigenvalue weighted by atomic mass is 35.5. The third-order valence-electron chi connectivity index (χ3n) is 2.83. The Morgan fingerprint density at radius 3 is 2.94 bits per heavy atom. The largest absolute Gasteiger partial charge is 0.327 e. The Morgan fingerprint density at radius 1 is 1.44 bits per heavy atom. The monoisotopic (exact) mass is 267 g/mol. The zero-order valence-electron chi connectivity index (χ0n) is 10.4. The molecule has 0 saturated heterocycles. The van der Waals surface area contributed by atoms with Crippen LogP contribution in [0.5, 0.6) is 0 Å². The van der Waals surface area contributed by atoms with Gasteiger partial charge in [-0.1, -0.05) is 11.6 Å². The summed E-state index contributed by atoms with van der Waals surface area (Å²) < 4.78 is 15.3. The summed E-state index contributed by atoms with van der Waals surface area (Å²) in [5, 5.41) is 3.65. The minimum atomic E-state index is -0.276. The Labute approximate surface area is 111 Å². The smallest absolute Gasteiger partial charge is 0.123 e. The van der Waals surface area contributed by atoms with Crippen LogP contribution in [0.3, 0.4) is 0 Å². The van der Waals surface area contributed by atoms with Crippen LogP contribution in [0.1, 0.15) is 17.1 Å². The van der Waals surface area contributed by atoms with Gasteiger partial charge < -0.3 is 9.88 Å². The van der Waals surface area contributed by atoms with E-state index in [4.69, 9.17) is 11.6 Å². The molecule has 96 valence electrons. The van der Waals surface area contributed by atoms with Gasteiger partial charge in [0.1, 0.15) is 11.6 Å². The number of hydrogen-bond donors (Lipinski definition) is 1. The van der Waals surface area contributed by atoms with Crippen LogP contribution in [-0.2, 0) is 13.1 Å². The van der Waals surface area contributed by atoms with Crippen molar-refractivity contribution in [3.05, 3.63) is 52.3 Å². The van der Waals surface area contributed by atoms with Crippen LogP contribution in [0.15, 0.2) is 24.4 Å². The first-order chi connectivity index (χ1) is 8.61. The van der Waals surface area contributed by atoms with Gasteiger partial charge >= 0.3 is 0 Å². The molecule has 1 aromatic carbocycles. The number of hydrogen-bond acceptors (Lipinski definition) is 2. The van der Waals surface area contributed by atoms with Crippen molar-refractivity contribution < 1.29 is 4.39 Å². The van der Waals surface area contributed by atoms with Gasteiger partial charge in [0.05, 0.1) is 12.2 Å². The quantitative estimate of drug-likeness (QED) is 0.923. The van der Waals surface area contributed by atoms with Crippen molar-refractivity contribution >= 4 is 11.6 Å². The molecular weight excluding hydrogens is 253 g/mol. The van der Waals surface area contributed by atoms with Crippen LogP contribution in [0.2, 0.25) is 5.02 Å².